The van der Waals surface area contributed by atoms with Gasteiger partial charge in [-0.1, -0.05) is 22.5 Å². The summed E-state index contributed by atoms with van der Waals surface area (Å²) in [5.41, 5.74) is 9.57. The zero-order valence-electron chi connectivity index (χ0n) is 11.6. The highest BCUT2D eigenvalue weighted by Gasteiger charge is 2.17. The van der Waals surface area contributed by atoms with Gasteiger partial charge in [-0.3, -0.25) is 0 Å². The second-order valence-electron chi connectivity index (χ2n) is 4.75. The Balaban J connectivity index is 2.36. The van der Waals surface area contributed by atoms with Gasteiger partial charge in [0.2, 0.25) is 0 Å². The van der Waals surface area contributed by atoms with Crippen LogP contribution in [-0.2, 0) is 0 Å². The quantitative estimate of drug-likeness (QED) is 0.321. The first kappa shape index (κ1) is 13.0. The minimum Gasteiger partial charge on any atom is -0.409 e. The summed E-state index contributed by atoms with van der Waals surface area (Å²) in [7, 11) is 0. The van der Waals surface area contributed by atoms with E-state index in [0.29, 0.717) is 11.4 Å². The Morgan fingerprint density at radius 1 is 1.29 bits per heavy atom. The van der Waals surface area contributed by atoms with Crippen molar-refractivity contribution in [2.75, 3.05) is 0 Å². The van der Waals surface area contributed by atoms with Gasteiger partial charge in [0.1, 0.15) is 5.52 Å². The standard InChI is InChI=1S/C14H14N6O/c1-8-7-9(2)16-14(12(8)13(15)18-21)20-11-6-4-3-5-10(11)17-19-20/h3-7,21H,1-2H3,(H2,15,18). The topological polar surface area (TPSA) is 102 Å². The van der Waals surface area contributed by atoms with E-state index in [4.69, 9.17) is 10.9 Å². The molecule has 0 atom stereocenters. The number of para-hydroxylation sites is 1. The first-order valence-electron chi connectivity index (χ1n) is 6.39. The molecule has 21 heavy (non-hydrogen) atoms. The maximum Gasteiger partial charge on any atom is 0.174 e. The fraction of sp³-hybridized carbons (Fsp3) is 0.143. The smallest absolute Gasteiger partial charge is 0.174 e. The van der Waals surface area contributed by atoms with E-state index in [-0.39, 0.29) is 5.84 Å². The molecule has 3 rings (SSSR count). The van der Waals surface area contributed by atoms with Crippen LogP contribution in [0.25, 0.3) is 16.9 Å². The number of nitrogens with two attached hydrogens (primary N) is 1. The summed E-state index contributed by atoms with van der Waals surface area (Å²) in [6.07, 6.45) is 0. The first-order chi connectivity index (χ1) is 10.1. The molecule has 0 radical (unpaired) electrons. The predicted molar refractivity (Wildman–Crippen MR) is 78.6 cm³/mol. The van der Waals surface area contributed by atoms with Crippen LogP contribution < -0.4 is 5.73 Å². The second kappa shape index (κ2) is 4.86. The van der Waals surface area contributed by atoms with Gasteiger partial charge in [-0.2, -0.15) is 4.68 Å². The molecule has 1 aromatic carbocycles. The van der Waals surface area contributed by atoms with E-state index in [9.17, 15) is 0 Å². The Morgan fingerprint density at radius 2 is 2.05 bits per heavy atom. The molecule has 0 spiro atoms. The molecule has 0 amide bonds. The zero-order chi connectivity index (χ0) is 15.0. The first-order valence-corrected chi connectivity index (χ1v) is 6.39. The van der Waals surface area contributed by atoms with Crippen LogP contribution in [0.15, 0.2) is 35.5 Å². The van der Waals surface area contributed by atoms with Gasteiger partial charge >= 0.3 is 0 Å². The van der Waals surface area contributed by atoms with Gasteiger partial charge in [0.05, 0.1) is 11.1 Å². The number of pyridine rings is 1. The summed E-state index contributed by atoms with van der Waals surface area (Å²) in [5, 5.41) is 20.3. The maximum atomic E-state index is 9.01. The highest BCUT2D eigenvalue weighted by molar-refractivity contribution is 6.01. The van der Waals surface area contributed by atoms with Gasteiger partial charge in [-0.05, 0) is 37.6 Å². The molecule has 0 fully saturated rings. The molecule has 7 heteroatoms. The van der Waals surface area contributed by atoms with E-state index >= 15 is 0 Å². The molecule has 0 aliphatic rings. The number of amidine groups is 1. The molecule has 7 nitrogen and oxygen atoms in total. The molecule has 0 unspecified atom stereocenters. The zero-order valence-corrected chi connectivity index (χ0v) is 11.6. The molecule has 0 saturated heterocycles. The van der Waals surface area contributed by atoms with Crippen molar-refractivity contribution in [3.8, 4) is 5.82 Å². The highest BCUT2D eigenvalue weighted by Crippen LogP contribution is 2.21. The lowest BCUT2D eigenvalue weighted by Crippen LogP contribution is -2.20. The van der Waals surface area contributed by atoms with Gasteiger partial charge in [0.15, 0.2) is 11.7 Å². The minimum absolute atomic E-state index is 0.00502. The van der Waals surface area contributed by atoms with Crippen LogP contribution in [0.2, 0.25) is 0 Å². The van der Waals surface area contributed by atoms with Crippen LogP contribution in [0.5, 0.6) is 0 Å². The van der Waals surface area contributed by atoms with E-state index in [1.54, 1.807) is 4.68 Å². The Labute approximate surface area is 120 Å². The fourth-order valence-corrected chi connectivity index (χ4v) is 2.36. The summed E-state index contributed by atoms with van der Waals surface area (Å²) in [4.78, 5) is 4.48. The summed E-state index contributed by atoms with van der Waals surface area (Å²) in [6.45, 7) is 3.76. The summed E-state index contributed by atoms with van der Waals surface area (Å²) < 4.78 is 1.60. The van der Waals surface area contributed by atoms with Gasteiger partial charge in [0, 0.05) is 5.69 Å². The Hall–Kier alpha value is -2.96. The van der Waals surface area contributed by atoms with Crippen molar-refractivity contribution in [1.82, 2.24) is 20.0 Å². The third kappa shape index (κ3) is 2.08. The number of aryl methyl sites for hydroxylation is 2. The number of oxime groups is 1. The van der Waals surface area contributed by atoms with Crippen molar-refractivity contribution in [2.24, 2.45) is 10.9 Å². The van der Waals surface area contributed by atoms with Crippen LogP contribution in [0.4, 0.5) is 0 Å². The van der Waals surface area contributed by atoms with Crippen LogP contribution in [0.3, 0.4) is 0 Å². The third-order valence-corrected chi connectivity index (χ3v) is 3.24. The van der Waals surface area contributed by atoms with Gasteiger partial charge in [0.25, 0.3) is 0 Å². The summed E-state index contributed by atoms with van der Waals surface area (Å²) >= 11 is 0. The molecular formula is C14H14N6O. The molecule has 0 bridgehead atoms. The van der Waals surface area contributed by atoms with Crippen LogP contribution in [-0.4, -0.2) is 31.0 Å². The molecule has 0 aliphatic heterocycles. The average Bonchev–Trinajstić information content (AvgIpc) is 2.89. The van der Waals surface area contributed by atoms with E-state index in [2.05, 4.69) is 20.5 Å². The number of nitrogens with zero attached hydrogens (tertiary/aromatic N) is 5. The lowest BCUT2D eigenvalue weighted by atomic mass is 10.1. The Bertz CT molecular complexity index is 852. The van der Waals surface area contributed by atoms with Crippen LogP contribution >= 0.6 is 0 Å². The third-order valence-electron chi connectivity index (χ3n) is 3.24. The van der Waals surface area contributed by atoms with Gasteiger partial charge < -0.3 is 10.9 Å². The molecule has 2 heterocycles. The lowest BCUT2D eigenvalue weighted by molar-refractivity contribution is 0.318. The van der Waals surface area contributed by atoms with Gasteiger partial charge in [-0.15, -0.1) is 5.10 Å². The van der Waals surface area contributed by atoms with Crippen molar-refractivity contribution in [2.45, 2.75) is 13.8 Å². The Kier molecular flexibility index (Phi) is 3.02. The van der Waals surface area contributed by atoms with E-state index < -0.39 is 0 Å². The molecule has 106 valence electrons. The number of fused-ring (bicyclic) bond motifs is 1. The van der Waals surface area contributed by atoms with Crippen molar-refractivity contribution in [1.29, 1.82) is 0 Å². The van der Waals surface area contributed by atoms with Gasteiger partial charge in [-0.25, -0.2) is 4.98 Å². The van der Waals surface area contributed by atoms with E-state index in [1.165, 1.54) is 0 Å². The SMILES string of the molecule is Cc1cc(C)c(C(N)=NO)c(-n2nnc3ccccc32)n1. The molecule has 3 aromatic rings. The molecule has 3 N–H and O–H groups in total. The molecule has 2 aromatic heterocycles. The Morgan fingerprint density at radius 3 is 2.81 bits per heavy atom. The van der Waals surface area contributed by atoms with Crippen molar-refractivity contribution >= 4 is 16.9 Å². The maximum absolute atomic E-state index is 9.01. The number of benzene rings is 1. The number of rotatable bonds is 2. The number of hydrogen-bond acceptors (Lipinski definition) is 5. The lowest BCUT2D eigenvalue weighted by Gasteiger charge is -2.11. The van der Waals surface area contributed by atoms with Crippen LogP contribution in [0.1, 0.15) is 16.8 Å². The normalized spacial score (nSPS) is 12.0. The van der Waals surface area contributed by atoms with Crippen molar-refractivity contribution in [3.05, 3.63) is 47.2 Å². The molecular weight excluding hydrogens is 268 g/mol. The second-order valence-corrected chi connectivity index (χ2v) is 4.75. The molecule has 0 saturated carbocycles. The minimum atomic E-state index is -0.00502. The largest absolute Gasteiger partial charge is 0.409 e. The van der Waals surface area contributed by atoms with Crippen molar-refractivity contribution in [3.63, 3.8) is 0 Å². The van der Waals surface area contributed by atoms with E-state index in [0.717, 1.165) is 22.3 Å². The number of aromatic nitrogens is 4. The summed E-state index contributed by atoms with van der Waals surface area (Å²) in [5.74, 6) is 0.492. The molecule has 0 aliphatic carbocycles. The highest BCUT2D eigenvalue weighted by atomic mass is 16.4. The summed E-state index contributed by atoms with van der Waals surface area (Å²) in [6, 6.07) is 9.42. The average molecular weight is 282 g/mol. The predicted octanol–water partition coefficient (Wildman–Crippen LogP) is 1.53. The monoisotopic (exact) mass is 282 g/mol. The van der Waals surface area contributed by atoms with Crippen LogP contribution in [0, 0.1) is 13.8 Å². The fourth-order valence-electron chi connectivity index (χ4n) is 2.36. The van der Waals surface area contributed by atoms with Crippen molar-refractivity contribution < 1.29 is 5.21 Å². The number of hydrogen-bond donors (Lipinski definition) is 2. The van der Waals surface area contributed by atoms with E-state index in [1.807, 2.05) is 44.2 Å².